The topological polar surface area (TPSA) is 108 Å². The Morgan fingerprint density at radius 1 is 1.42 bits per heavy atom. The monoisotopic (exact) mass is 346 g/mol. The van der Waals surface area contributed by atoms with Gasteiger partial charge in [0.15, 0.2) is 5.69 Å². The van der Waals surface area contributed by atoms with E-state index in [1.165, 1.54) is 20.7 Å². The average Bonchev–Trinajstić information content (AvgIpc) is 3.01. The number of carbonyl (C=O) groups excluding carboxylic acids is 1. The van der Waals surface area contributed by atoms with E-state index in [1.807, 2.05) is 11.4 Å². The van der Waals surface area contributed by atoms with Gasteiger partial charge in [-0.05, 0) is 40.8 Å². The van der Waals surface area contributed by atoms with E-state index >= 15 is 0 Å². The Labute approximate surface area is 139 Å². The highest BCUT2D eigenvalue weighted by Crippen LogP contribution is 2.40. The highest BCUT2D eigenvalue weighted by atomic mass is 32.1. The zero-order valence-corrected chi connectivity index (χ0v) is 13.4. The van der Waals surface area contributed by atoms with Crippen molar-refractivity contribution in [1.82, 2.24) is 30.3 Å². The van der Waals surface area contributed by atoms with Gasteiger partial charge < -0.3 is 9.84 Å². The Bertz CT molecular complexity index is 905. The van der Waals surface area contributed by atoms with Crippen molar-refractivity contribution < 1.29 is 9.32 Å². The molecule has 0 aliphatic heterocycles. The number of carbonyl (C=O) groups is 1. The van der Waals surface area contributed by atoms with E-state index < -0.39 is 0 Å². The number of hydrogen-bond donors (Lipinski definition) is 1. The first-order valence-corrected chi connectivity index (χ1v) is 8.42. The van der Waals surface area contributed by atoms with E-state index in [1.54, 1.807) is 12.1 Å². The number of nitrogens with one attached hydrogen (secondary N) is 1. The summed E-state index contributed by atoms with van der Waals surface area (Å²) in [4.78, 5) is 24.2. The molecule has 1 amide bonds. The number of nitrogens with zero attached hydrogens (tertiary/aromatic N) is 5. The number of aromatic nitrogens is 5. The molecule has 0 bridgehead atoms. The van der Waals surface area contributed by atoms with E-state index in [4.69, 9.17) is 4.52 Å². The van der Waals surface area contributed by atoms with Crippen LogP contribution >= 0.6 is 11.3 Å². The molecule has 3 heterocycles. The molecule has 10 heteroatoms. The molecule has 1 saturated carbocycles. The molecule has 0 radical (unpaired) electrons. The Morgan fingerprint density at radius 2 is 2.29 bits per heavy atom. The lowest BCUT2D eigenvalue weighted by Crippen LogP contribution is -2.32. The normalized spacial score (nSPS) is 14.0. The fourth-order valence-electron chi connectivity index (χ4n) is 2.27. The van der Waals surface area contributed by atoms with Crippen molar-refractivity contribution >= 4 is 17.2 Å². The predicted molar refractivity (Wildman–Crippen MR) is 84.3 cm³/mol. The molecule has 3 aromatic rings. The Morgan fingerprint density at radius 3 is 3.04 bits per heavy atom. The number of thiophene rings is 1. The molecule has 9 nitrogen and oxygen atoms in total. The maximum absolute atomic E-state index is 12.2. The van der Waals surface area contributed by atoms with Gasteiger partial charge in [0.05, 0.1) is 6.54 Å². The molecule has 0 unspecified atom stereocenters. The van der Waals surface area contributed by atoms with Crippen LogP contribution in [0.1, 0.15) is 35.0 Å². The fraction of sp³-hybridized carbons (Fsp3) is 0.357. The van der Waals surface area contributed by atoms with Crippen LogP contribution in [-0.4, -0.2) is 37.4 Å². The third-order valence-corrected chi connectivity index (χ3v) is 4.55. The molecule has 1 fully saturated rings. The van der Waals surface area contributed by atoms with Crippen LogP contribution < -0.4 is 11.0 Å². The van der Waals surface area contributed by atoms with Crippen LogP contribution in [0.2, 0.25) is 0 Å². The van der Waals surface area contributed by atoms with Gasteiger partial charge in [-0.1, -0.05) is 5.16 Å². The summed E-state index contributed by atoms with van der Waals surface area (Å²) < 4.78 is 7.58. The minimum atomic E-state index is -0.343. The lowest BCUT2D eigenvalue weighted by molar-refractivity contribution is 0.0942. The summed E-state index contributed by atoms with van der Waals surface area (Å²) >= 11 is 1.40. The largest absolute Gasteiger partial charge is 0.369 e. The second-order valence-corrected chi connectivity index (χ2v) is 6.42. The van der Waals surface area contributed by atoms with E-state index in [0.29, 0.717) is 10.9 Å². The lowest BCUT2D eigenvalue weighted by Gasteiger charge is -2.01. The van der Waals surface area contributed by atoms with Crippen molar-refractivity contribution in [2.75, 3.05) is 6.54 Å². The second-order valence-electron chi connectivity index (χ2n) is 5.49. The van der Waals surface area contributed by atoms with Gasteiger partial charge in [0.2, 0.25) is 0 Å². The summed E-state index contributed by atoms with van der Waals surface area (Å²) in [5, 5.41) is 16.7. The number of tetrazole rings is 1. The SMILES string of the molecule is O=C(NCCn1nnn(-c2cccs2)c1=O)c1cc(C2CC2)on1. The van der Waals surface area contributed by atoms with Gasteiger partial charge >= 0.3 is 5.69 Å². The molecule has 1 N–H and O–H groups in total. The van der Waals surface area contributed by atoms with Crippen molar-refractivity contribution in [1.29, 1.82) is 0 Å². The van der Waals surface area contributed by atoms with Crippen LogP contribution in [0.15, 0.2) is 32.9 Å². The third-order valence-electron chi connectivity index (χ3n) is 3.70. The average molecular weight is 346 g/mol. The Balaban J connectivity index is 1.35. The molecule has 124 valence electrons. The van der Waals surface area contributed by atoms with Gasteiger partial charge in [-0.2, -0.15) is 9.36 Å². The molecule has 3 aromatic heterocycles. The summed E-state index contributed by atoms with van der Waals surface area (Å²) in [6, 6.07) is 5.29. The first-order valence-electron chi connectivity index (χ1n) is 7.54. The smallest absolute Gasteiger partial charge is 0.360 e. The standard InChI is InChI=1S/C14H14N6O3S/c21-13(10-8-11(23-16-10)9-3-4-9)15-5-6-19-14(22)20(18-17-19)12-2-1-7-24-12/h1-2,7-9H,3-6H2,(H,15,21). The molecule has 0 spiro atoms. The molecule has 4 rings (SSSR count). The van der Waals surface area contributed by atoms with Crippen LogP contribution in [-0.2, 0) is 6.54 Å². The van der Waals surface area contributed by atoms with Crippen molar-refractivity contribution in [3.05, 3.63) is 45.5 Å². The maximum Gasteiger partial charge on any atom is 0.369 e. The fourth-order valence-corrected chi connectivity index (χ4v) is 2.93. The quantitative estimate of drug-likeness (QED) is 0.707. The van der Waals surface area contributed by atoms with E-state index in [-0.39, 0.29) is 30.4 Å². The molecule has 1 aliphatic carbocycles. The number of amides is 1. The van der Waals surface area contributed by atoms with Gasteiger partial charge in [0.1, 0.15) is 10.8 Å². The van der Waals surface area contributed by atoms with Gasteiger partial charge in [0.25, 0.3) is 5.91 Å². The lowest BCUT2D eigenvalue weighted by atomic mass is 10.3. The van der Waals surface area contributed by atoms with Crippen LogP contribution in [0.5, 0.6) is 0 Å². The summed E-state index contributed by atoms with van der Waals surface area (Å²) in [7, 11) is 0. The Hall–Kier alpha value is -2.75. The van der Waals surface area contributed by atoms with Crippen molar-refractivity contribution in [3.8, 4) is 5.00 Å². The van der Waals surface area contributed by atoms with Gasteiger partial charge in [-0.25, -0.2) is 4.79 Å². The van der Waals surface area contributed by atoms with Crippen molar-refractivity contribution in [2.24, 2.45) is 0 Å². The maximum atomic E-state index is 12.2. The van der Waals surface area contributed by atoms with E-state index in [2.05, 4.69) is 20.9 Å². The van der Waals surface area contributed by atoms with E-state index in [0.717, 1.165) is 18.6 Å². The summed E-state index contributed by atoms with van der Waals surface area (Å²) in [5.74, 6) is 0.838. The predicted octanol–water partition coefficient (Wildman–Crippen LogP) is 0.786. The van der Waals surface area contributed by atoms with Gasteiger partial charge in [-0.15, -0.1) is 11.3 Å². The van der Waals surface area contributed by atoms with E-state index in [9.17, 15) is 9.59 Å². The number of rotatable bonds is 6. The minimum Gasteiger partial charge on any atom is -0.360 e. The highest BCUT2D eigenvalue weighted by Gasteiger charge is 2.28. The van der Waals surface area contributed by atoms with Crippen molar-refractivity contribution in [3.63, 3.8) is 0 Å². The zero-order valence-electron chi connectivity index (χ0n) is 12.6. The summed E-state index contributed by atoms with van der Waals surface area (Å²) in [5.41, 5.74) is -0.0874. The molecule has 0 aromatic carbocycles. The first-order chi connectivity index (χ1) is 11.7. The van der Waals surface area contributed by atoms with Gasteiger partial charge in [-0.3, -0.25) is 4.79 Å². The molecular weight excluding hydrogens is 332 g/mol. The minimum absolute atomic E-state index is 0.225. The van der Waals surface area contributed by atoms with Crippen LogP contribution in [0.25, 0.3) is 5.00 Å². The molecule has 0 atom stereocenters. The summed E-state index contributed by atoms with van der Waals surface area (Å²) in [6.45, 7) is 0.469. The zero-order chi connectivity index (χ0) is 16.5. The molecule has 24 heavy (non-hydrogen) atoms. The van der Waals surface area contributed by atoms with Crippen LogP contribution in [0, 0.1) is 0 Å². The summed E-state index contributed by atoms with van der Waals surface area (Å²) in [6.07, 6.45) is 2.16. The van der Waals surface area contributed by atoms with Crippen LogP contribution in [0.4, 0.5) is 0 Å². The third kappa shape index (κ3) is 2.87. The molecular formula is C14H14N6O3S. The van der Waals surface area contributed by atoms with Crippen molar-refractivity contribution in [2.45, 2.75) is 25.3 Å². The molecule has 0 saturated heterocycles. The number of hydrogen-bond acceptors (Lipinski definition) is 7. The first kappa shape index (κ1) is 14.8. The second kappa shape index (κ2) is 6.04. The van der Waals surface area contributed by atoms with Crippen LogP contribution in [0.3, 0.4) is 0 Å². The van der Waals surface area contributed by atoms with Gasteiger partial charge in [0, 0.05) is 18.5 Å². The molecule has 1 aliphatic rings. The highest BCUT2D eigenvalue weighted by molar-refractivity contribution is 7.12. The Kier molecular flexibility index (Phi) is 3.73.